The first-order chi connectivity index (χ1) is 38.2. The van der Waals surface area contributed by atoms with Crippen molar-refractivity contribution in [2.75, 3.05) is 0 Å². The van der Waals surface area contributed by atoms with Crippen LogP contribution in [0.25, 0.3) is 152 Å². The van der Waals surface area contributed by atoms with E-state index >= 15 is 0 Å². The summed E-state index contributed by atoms with van der Waals surface area (Å²) in [5.41, 5.74) is 19.6. The fourth-order valence-electron chi connectivity index (χ4n) is 12.4. The molecule has 0 bridgehead atoms. The Kier molecular flexibility index (Phi) is 10.8. The van der Waals surface area contributed by atoms with Crippen LogP contribution in [0.1, 0.15) is 0 Å². The maximum atomic E-state index is 2.46. The van der Waals surface area contributed by atoms with Gasteiger partial charge >= 0.3 is 0 Å². The van der Waals surface area contributed by atoms with Gasteiger partial charge in [-0.05, 0) is 169 Å². The predicted molar refractivity (Wildman–Crippen MR) is 333 cm³/mol. The predicted octanol–water partition coefficient (Wildman–Crippen LogP) is 22.0. The number of hydrogen-bond acceptors (Lipinski definition) is 1. The van der Waals surface area contributed by atoms with E-state index in [1.165, 1.54) is 152 Å². The highest BCUT2D eigenvalue weighted by Crippen LogP contribution is 2.51. The Hall–Kier alpha value is -9.66. The van der Waals surface area contributed by atoms with Crippen molar-refractivity contribution in [3.8, 4) is 89.0 Å². The summed E-state index contributed by atoms with van der Waals surface area (Å²) >= 11 is 1.92. The summed E-state index contributed by atoms with van der Waals surface area (Å²) in [7, 11) is 0. The van der Waals surface area contributed by atoms with Gasteiger partial charge in [0.2, 0.25) is 0 Å². The van der Waals surface area contributed by atoms with Crippen molar-refractivity contribution in [1.29, 1.82) is 0 Å². The molecule has 15 rings (SSSR count). The maximum Gasteiger partial charge on any atom is 0.0434 e. The van der Waals surface area contributed by atoms with Gasteiger partial charge in [-0.25, -0.2) is 0 Å². The van der Waals surface area contributed by atoms with Crippen molar-refractivity contribution in [2.24, 2.45) is 0 Å². The third kappa shape index (κ3) is 7.66. The Morgan fingerprint density at radius 3 is 0.831 bits per heavy atom. The maximum absolute atomic E-state index is 2.46. The van der Waals surface area contributed by atoms with Crippen molar-refractivity contribution in [1.82, 2.24) is 0 Å². The van der Waals surface area contributed by atoms with Crippen molar-refractivity contribution >= 4 is 74.6 Å². The van der Waals surface area contributed by atoms with Crippen molar-refractivity contribution in [3.63, 3.8) is 0 Å². The van der Waals surface area contributed by atoms with E-state index < -0.39 is 0 Å². The summed E-state index contributed by atoms with van der Waals surface area (Å²) in [5, 5.41) is 12.5. The summed E-state index contributed by atoms with van der Waals surface area (Å²) < 4.78 is 2.58. The fraction of sp³-hybridized carbons (Fsp3) is 0. The highest BCUT2D eigenvalue weighted by molar-refractivity contribution is 7.26. The molecule has 0 saturated heterocycles. The van der Waals surface area contributed by atoms with Gasteiger partial charge in [-0.1, -0.05) is 249 Å². The minimum Gasteiger partial charge on any atom is -0.135 e. The normalized spacial score (nSPS) is 11.6. The molecule has 0 spiro atoms. The Morgan fingerprint density at radius 2 is 0.468 bits per heavy atom. The van der Waals surface area contributed by atoms with E-state index in [0.717, 1.165) is 0 Å². The number of hydrogen-bond donors (Lipinski definition) is 0. The van der Waals surface area contributed by atoms with E-state index in [2.05, 4.69) is 291 Å². The fourth-order valence-corrected chi connectivity index (χ4v) is 13.6. The molecule has 0 radical (unpaired) electrons. The van der Waals surface area contributed by atoms with E-state index in [1.54, 1.807) is 0 Å². The lowest BCUT2D eigenvalue weighted by molar-refractivity contribution is 1.58. The van der Waals surface area contributed by atoms with Crippen LogP contribution in [0.5, 0.6) is 0 Å². The molecule has 77 heavy (non-hydrogen) atoms. The monoisotopic (exact) mass is 992 g/mol. The minimum absolute atomic E-state index is 1.21. The zero-order valence-corrected chi connectivity index (χ0v) is 42.9. The molecule has 0 saturated carbocycles. The summed E-state index contributed by atoms with van der Waals surface area (Å²) in [4.78, 5) is 0. The van der Waals surface area contributed by atoms with E-state index in [4.69, 9.17) is 0 Å². The number of thiophene rings is 1. The molecule has 0 aliphatic rings. The molecular weight excluding hydrogens is 945 g/mol. The first-order valence-electron chi connectivity index (χ1n) is 26.6. The zero-order valence-electron chi connectivity index (χ0n) is 42.1. The summed E-state index contributed by atoms with van der Waals surface area (Å²) in [6.07, 6.45) is 0. The third-order valence-corrected chi connectivity index (χ3v) is 17.0. The van der Waals surface area contributed by atoms with Gasteiger partial charge in [0.25, 0.3) is 0 Å². The second kappa shape index (κ2) is 18.6. The molecule has 0 aliphatic heterocycles. The van der Waals surface area contributed by atoms with Crippen LogP contribution in [0.15, 0.2) is 291 Å². The lowest BCUT2D eigenvalue weighted by Crippen LogP contribution is -1.92. The Labute approximate surface area is 452 Å². The average Bonchev–Trinajstić information content (AvgIpc) is 3.96. The molecule has 14 aromatic carbocycles. The Bertz CT molecular complexity index is 4530. The molecule has 0 aliphatic carbocycles. The van der Waals surface area contributed by atoms with Crippen molar-refractivity contribution in [3.05, 3.63) is 291 Å². The van der Waals surface area contributed by atoms with Gasteiger partial charge in [0.15, 0.2) is 0 Å². The summed E-state index contributed by atoms with van der Waals surface area (Å²) in [6, 6.07) is 108. The largest absolute Gasteiger partial charge is 0.135 e. The first-order valence-corrected chi connectivity index (χ1v) is 27.4. The molecule has 0 unspecified atom stereocenters. The highest BCUT2D eigenvalue weighted by atomic mass is 32.1. The standard InChI is InChI=1S/C76H48S/c1-5-22-49(23-6-1)54-42-55(50-24-7-2-8-25-50)45-58(44-54)73-63-32-15-13-30-61(63)72(62-31-14-16-33-64(62)73)53-40-41-60-69-38-21-39-70(76(69)77-71(60)48-53)75-67-36-19-17-34-65(67)74(66-35-18-20-37-68(66)75)59-46-56(51-26-9-3-10-27-51)43-57(47-59)52-28-11-4-12-29-52/h1-48H. The van der Waals surface area contributed by atoms with E-state index in [1.807, 2.05) is 11.3 Å². The SMILES string of the molecule is c1ccc(-c2cc(-c3ccccc3)cc(-c3c4ccccc4c(-c4ccc5c(c4)sc4c(-c6c7ccccc7c(-c7cc(-c8ccccc8)cc(-c8ccccc8)c7)c7ccccc67)cccc45)c4ccccc34)c2)cc1. The van der Waals surface area contributed by atoms with Crippen LogP contribution >= 0.6 is 11.3 Å². The molecule has 15 aromatic rings. The van der Waals surface area contributed by atoms with Gasteiger partial charge in [-0.15, -0.1) is 11.3 Å². The third-order valence-electron chi connectivity index (χ3n) is 15.8. The van der Waals surface area contributed by atoms with E-state index in [0.29, 0.717) is 0 Å². The molecule has 1 heterocycles. The number of fused-ring (bicyclic) bond motifs is 7. The Balaban J connectivity index is 0.920. The molecule has 0 fully saturated rings. The molecule has 0 atom stereocenters. The van der Waals surface area contributed by atoms with E-state index in [9.17, 15) is 0 Å². The summed E-state index contributed by atoms with van der Waals surface area (Å²) in [6.45, 7) is 0. The molecule has 358 valence electrons. The average molecular weight is 993 g/mol. The molecule has 1 heteroatoms. The Morgan fingerprint density at radius 1 is 0.169 bits per heavy atom. The molecular formula is C76H48S. The van der Waals surface area contributed by atoms with Crippen LogP contribution < -0.4 is 0 Å². The second-order valence-corrected chi connectivity index (χ2v) is 21.3. The molecule has 1 aromatic heterocycles. The van der Waals surface area contributed by atoms with Crippen molar-refractivity contribution in [2.45, 2.75) is 0 Å². The van der Waals surface area contributed by atoms with Gasteiger partial charge in [0.05, 0.1) is 0 Å². The topological polar surface area (TPSA) is 0 Å². The minimum atomic E-state index is 1.21. The quantitative estimate of drug-likeness (QED) is 0.133. The van der Waals surface area contributed by atoms with Gasteiger partial charge in [0.1, 0.15) is 0 Å². The second-order valence-electron chi connectivity index (χ2n) is 20.2. The van der Waals surface area contributed by atoms with Crippen LogP contribution in [0.3, 0.4) is 0 Å². The van der Waals surface area contributed by atoms with Gasteiger partial charge < -0.3 is 0 Å². The lowest BCUT2D eigenvalue weighted by atomic mass is 9.84. The molecule has 0 nitrogen and oxygen atoms in total. The van der Waals surface area contributed by atoms with Gasteiger partial charge in [-0.2, -0.15) is 0 Å². The lowest BCUT2D eigenvalue weighted by Gasteiger charge is -2.19. The number of benzene rings is 14. The number of rotatable bonds is 8. The van der Waals surface area contributed by atoms with E-state index in [-0.39, 0.29) is 0 Å². The van der Waals surface area contributed by atoms with Gasteiger partial charge in [0, 0.05) is 25.7 Å². The van der Waals surface area contributed by atoms with Crippen LogP contribution in [-0.4, -0.2) is 0 Å². The molecule has 0 amide bonds. The van der Waals surface area contributed by atoms with Crippen LogP contribution in [-0.2, 0) is 0 Å². The summed E-state index contributed by atoms with van der Waals surface area (Å²) in [5.74, 6) is 0. The van der Waals surface area contributed by atoms with Crippen molar-refractivity contribution < 1.29 is 0 Å². The first kappa shape index (κ1) is 44.8. The smallest absolute Gasteiger partial charge is 0.0434 e. The van der Waals surface area contributed by atoms with Crippen LogP contribution in [0.4, 0.5) is 0 Å². The molecule has 0 N–H and O–H groups in total. The zero-order chi connectivity index (χ0) is 50.8. The highest BCUT2D eigenvalue weighted by Gasteiger charge is 2.23. The van der Waals surface area contributed by atoms with Crippen LogP contribution in [0.2, 0.25) is 0 Å². The van der Waals surface area contributed by atoms with Gasteiger partial charge in [-0.3, -0.25) is 0 Å². The van der Waals surface area contributed by atoms with Crippen LogP contribution in [0, 0.1) is 0 Å².